The van der Waals surface area contributed by atoms with E-state index in [1.807, 2.05) is 22.6 Å². The highest BCUT2D eigenvalue weighted by molar-refractivity contribution is 14.1. The number of hydrogen-bond acceptors (Lipinski definition) is 9. The Morgan fingerprint density at radius 2 is 1.85 bits per heavy atom. The van der Waals surface area contributed by atoms with E-state index in [2.05, 4.69) is 5.32 Å². The molecule has 1 heterocycles. The summed E-state index contributed by atoms with van der Waals surface area (Å²) in [5.74, 6) is -0.224. The molecule has 252 valence electrons. The van der Waals surface area contributed by atoms with Crippen molar-refractivity contribution in [3.05, 3.63) is 96.7 Å². The maximum atomic E-state index is 14.4. The van der Waals surface area contributed by atoms with Gasteiger partial charge < -0.3 is 39.1 Å². The SMILES string of the molecule is COc1cc(C=O)cc(I)c1OC1C=C(C(=O)NCCO)CC(N(Cc2ccc(Cl)c(Cl)c2)C(=O)c2cc3cccc(OC)c3o2)C1O. The predicted octanol–water partition coefficient (Wildman–Crippen LogP) is 5.43. The molecular weight excluding hydrogens is 778 g/mol. The molecule has 0 saturated heterocycles. The summed E-state index contributed by atoms with van der Waals surface area (Å²) in [4.78, 5) is 40.6. The average molecular weight is 809 g/mol. The number of nitrogens with zero attached hydrogens (tertiary/aromatic N) is 1. The number of aliphatic hydroxyl groups is 2. The van der Waals surface area contributed by atoms with Gasteiger partial charge in [0.25, 0.3) is 5.91 Å². The van der Waals surface area contributed by atoms with Crippen LogP contribution in [0.25, 0.3) is 11.0 Å². The van der Waals surface area contributed by atoms with Gasteiger partial charge >= 0.3 is 0 Å². The summed E-state index contributed by atoms with van der Waals surface area (Å²) in [5.41, 5.74) is 1.52. The summed E-state index contributed by atoms with van der Waals surface area (Å²) in [7, 11) is 2.91. The van der Waals surface area contributed by atoms with Crippen molar-refractivity contribution in [3.8, 4) is 17.2 Å². The van der Waals surface area contributed by atoms with Crippen molar-refractivity contribution in [2.75, 3.05) is 27.4 Å². The summed E-state index contributed by atoms with van der Waals surface area (Å²) in [6, 6.07) is 13.8. The molecule has 1 aromatic heterocycles. The first-order valence-electron chi connectivity index (χ1n) is 14.7. The minimum absolute atomic E-state index is 0.0134. The topological polar surface area (TPSA) is 148 Å². The van der Waals surface area contributed by atoms with Gasteiger partial charge in [0.05, 0.1) is 40.5 Å². The van der Waals surface area contributed by atoms with E-state index >= 15 is 0 Å². The van der Waals surface area contributed by atoms with E-state index in [9.17, 15) is 24.6 Å². The third-order valence-electron chi connectivity index (χ3n) is 7.79. The molecule has 0 saturated carbocycles. The molecule has 0 fully saturated rings. The van der Waals surface area contributed by atoms with Crippen molar-refractivity contribution in [1.29, 1.82) is 0 Å². The van der Waals surface area contributed by atoms with Gasteiger partial charge in [0.1, 0.15) is 18.5 Å². The smallest absolute Gasteiger partial charge is 0.290 e. The second-order valence-corrected chi connectivity index (χ2v) is 12.8. The van der Waals surface area contributed by atoms with Gasteiger partial charge in [0.15, 0.2) is 28.6 Å². The second kappa shape index (κ2) is 15.6. The van der Waals surface area contributed by atoms with Gasteiger partial charge in [-0.25, -0.2) is 0 Å². The van der Waals surface area contributed by atoms with Crippen molar-refractivity contribution >= 4 is 74.9 Å². The molecule has 1 aliphatic carbocycles. The van der Waals surface area contributed by atoms with Crippen LogP contribution in [0.5, 0.6) is 17.2 Å². The molecule has 48 heavy (non-hydrogen) atoms. The molecule has 0 bridgehead atoms. The summed E-state index contributed by atoms with van der Waals surface area (Å²) in [6.07, 6.45) is -0.471. The van der Waals surface area contributed by atoms with Crippen LogP contribution in [0.2, 0.25) is 10.0 Å². The summed E-state index contributed by atoms with van der Waals surface area (Å²) < 4.78 is 23.7. The monoisotopic (exact) mass is 808 g/mol. The minimum atomic E-state index is -1.38. The van der Waals surface area contributed by atoms with Crippen LogP contribution in [0, 0.1) is 3.57 Å². The number of hydrogen-bond donors (Lipinski definition) is 3. The first-order valence-corrected chi connectivity index (χ1v) is 16.5. The van der Waals surface area contributed by atoms with Crippen LogP contribution in [0.4, 0.5) is 0 Å². The Balaban J connectivity index is 1.60. The summed E-state index contributed by atoms with van der Waals surface area (Å²) in [5, 5.41) is 25.2. The van der Waals surface area contributed by atoms with Crippen molar-refractivity contribution in [1.82, 2.24) is 10.2 Å². The second-order valence-electron chi connectivity index (χ2n) is 10.8. The fourth-order valence-electron chi connectivity index (χ4n) is 5.46. The van der Waals surface area contributed by atoms with E-state index in [1.165, 1.54) is 31.3 Å². The standard InChI is InChI=1S/C34H31Cl2IN2O9/c1-45-26-5-3-4-20-14-29(48-31(20)26)34(44)39(16-18-6-7-22(35)23(36)10-18)25-13-21(33(43)38-8-9-40)15-27(30(25)42)47-32-24(37)11-19(17-41)12-28(32)46-2/h3-7,10-12,14-15,17,25,27,30,40,42H,8-9,13,16H2,1-2H3,(H,38,43). The zero-order chi connectivity index (χ0) is 34.5. The van der Waals surface area contributed by atoms with Crippen LogP contribution in [0.15, 0.2) is 70.7 Å². The lowest BCUT2D eigenvalue weighted by Crippen LogP contribution is -2.54. The normalized spacial score (nSPS) is 17.4. The lowest BCUT2D eigenvalue weighted by atomic mass is 9.87. The van der Waals surface area contributed by atoms with Crippen molar-refractivity contribution < 1.29 is 43.2 Å². The molecule has 14 heteroatoms. The largest absolute Gasteiger partial charge is 0.493 e. The fourth-order valence-corrected chi connectivity index (χ4v) is 6.53. The van der Waals surface area contributed by atoms with E-state index in [-0.39, 0.29) is 54.0 Å². The van der Waals surface area contributed by atoms with E-state index < -0.39 is 30.1 Å². The number of carbonyl (C=O) groups is 3. The van der Waals surface area contributed by atoms with Crippen LogP contribution in [0.1, 0.15) is 32.9 Å². The maximum absolute atomic E-state index is 14.4. The molecule has 3 atom stereocenters. The van der Waals surface area contributed by atoms with Crippen molar-refractivity contribution in [3.63, 3.8) is 0 Å². The Hall–Kier alpha value is -3.82. The van der Waals surface area contributed by atoms with E-state index in [4.69, 9.17) is 41.8 Å². The number of aldehydes is 1. The zero-order valence-electron chi connectivity index (χ0n) is 25.7. The highest BCUT2D eigenvalue weighted by atomic mass is 127. The maximum Gasteiger partial charge on any atom is 0.290 e. The van der Waals surface area contributed by atoms with E-state index in [0.717, 1.165) is 0 Å². The number of halogens is 3. The molecule has 3 N–H and O–H groups in total. The number of fused-ring (bicyclic) bond motifs is 1. The lowest BCUT2D eigenvalue weighted by Gasteiger charge is -2.40. The molecule has 3 unspecified atom stereocenters. The Kier molecular flexibility index (Phi) is 11.5. The van der Waals surface area contributed by atoms with Gasteiger partial charge in [0.2, 0.25) is 5.91 Å². The zero-order valence-corrected chi connectivity index (χ0v) is 29.4. The highest BCUT2D eigenvalue weighted by Crippen LogP contribution is 2.38. The molecular formula is C34H31Cl2IN2O9. The summed E-state index contributed by atoms with van der Waals surface area (Å²) in [6.45, 7) is -0.361. The molecule has 4 aromatic rings. The van der Waals surface area contributed by atoms with Crippen LogP contribution < -0.4 is 19.5 Å². The highest BCUT2D eigenvalue weighted by Gasteiger charge is 2.42. The number of aliphatic hydroxyl groups excluding tert-OH is 2. The van der Waals surface area contributed by atoms with Gasteiger partial charge in [-0.3, -0.25) is 14.4 Å². The van der Waals surface area contributed by atoms with E-state index in [1.54, 1.807) is 48.5 Å². The van der Waals surface area contributed by atoms with Gasteiger partial charge in [-0.1, -0.05) is 41.4 Å². The number of furan rings is 1. The number of amides is 2. The first-order chi connectivity index (χ1) is 23.1. The molecule has 0 spiro atoms. The molecule has 5 rings (SSSR count). The van der Waals surface area contributed by atoms with Crippen LogP contribution in [-0.2, 0) is 11.3 Å². The van der Waals surface area contributed by atoms with Gasteiger partial charge in [0, 0.05) is 36.0 Å². The molecule has 0 radical (unpaired) electrons. The predicted molar refractivity (Wildman–Crippen MR) is 187 cm³/mol. The summed E-state index contributed by atoms with van der Waals surface area (Å²) >= 11 is 14.5. The Morgan fingerprint density at radius 1 is 1.08 bits per heavy atom. The number of rotatable bonds is 12. The van der Waals surface area contributed by atoms with Gasteiger partial charge in [-0.2, -0.15) is 0 Å². The Bertz CT molecular complexity index is 1880. The average Bonchev–Trinajstić information content (AvgIpc) is 3.53. The lowest BCUT2D eigenvalue weighted by molar-refractivity contribution is -0.118. The number of nitrogens with one attached hydrogen (secondary N) is 1. The molecule has 3 aromatic carbocycles. The van der Waals surface area contributed by atoms with Gasteiger partial charge in [-0.05, 0) is 70.6 Å². The van der Waals surface area contributed by atoms with E-state index in [0.29, 0.717) is 42.7 Å². The quantitative estimate of drug-likeness (QED) is 0.126. The molecule has 1 aliphatic rings. The number of benzene rings is 3. The number of para-hydroxylation sites is 1. The first kappa shape index (κ1) is 35.5. The third kappa shape index (κ3) is 7.57. The minimum Gasteiger partial charge on any atom is -0.493 e. The third-order valence-corrected chi connectivity index (χ3v) is 9.33. The number of ether oxygens (including phenoxy) is 3. The Morgan fingerprint density at radius 3 is 2.54 bits per heavy atom. The molecule has 11 nitrogen and oxygen atoms in total. The van der Waals surface area contributed by atoms with Gasteiger partial charge in [-0.15, -0.1) is 0 Å². The van der Waals surface area contributed by atoms with Crippen LogP contribution in [0.3, 0.4) is 0 Å². The van der Waals surface area contributed by atoms with Crippen molar-refractivity contribution in [2.24, 2.45) is 0 Å². The number of methoxy groups -OCH3 is 2. The number of carbonyl (C=O) groups excluding carboxylic acids is 3. The molecule has 0 aliphatic heterocycles. The Labute approximate surface area is 299 Å². The molecule has 2 amide bonds. The fraction of sp³-hybridized carbons (Fsp3) is 0.265. The van der Waals surface area contributed by atoms with Crippen LogP contribution in [-0.4, -0.2) is 78.8 Å². The van der Waals surface area contributed by atoms with Crippen LogP contribution >= 0.6 is 45.8 Å². The van der Waals surface area contributed by atoms with Crippen molar-refractivity contribution in [2.45, 2.75) is 31.2 Å².